The highest BCUT2D eigenvalue weighted by Gasteiger charge is 2.44. The first-order valence-electron chi connectivity index (χ1n) is 33.1. The maximum Gasteiger partial charge on any atom is 0.248 e. The van der Waals surface area contributed by atoms with E-state index in [1.165, 1.54) is 43.0 Å². The fourth-order valence-corrected chi connectivity index (χ4v) is 16.0. The Hall–Kier alpha value is -7.15. The van der Waals surface area contributed by atoms with Gasteiger partial charge in [-0.2, -0.15) is 11.8 Å². The molecule has 0 saturated carbocycles. The molecule has 101 heavy (non-hydrogen) atoms. The number of hydrogen-bond acceptors (Lipinski definition) is 25. The predicted octanol–water partition coefficient (Wildman–Crippen LogP) is -6.78. The number of nitrogens with one attached hydrogen (secondary N) is 13. The molecule has 0 radical (unpaired) electrons. The van der Waals surface area contributed by atoms with Gasteiger partial charge in [-0.3, -0.25) is 71.9 Å². The van der Waals surface area contributed by atoms with Crippen molar-refractivity contribution >= 4 is 144 Å². The number of primary amides is 1. The van der Waals surface area contributed by atoms with E-state index in [9.17, 15) is 87.2 Å². The maximum atomic E-state index is 14.8. The molecule has 2 bridgehead atoms. The third-order valence-electron chi connectivity index (χ3n) is 17.0. The number of aliphatic hydroxyl groups is 3. The third-order valence-corrected chi connectivity index (χ3v) is 22.6. The number of amides is 15. The fraction of sp³-hybridized carbons (Fsp3) is 0.700. The van der Waals surface area contributed by atoms with Crippen LogP contribution in [0.25, 0.3) is 0 Å². The van der Waals surface area contributed by atoms with E-state index in [4.69, 9.17) is 11.5 Å². The summed E-state index contributed by atoms with van der Waals surface area (Å²) >= 11 is 1.43. The van der Waals surface area contributed by atoms with Crippen molar-refractivity contribution in [2.45, 2.75) is 184 Å². The van der Waals surface area contributed by atoms with Gasteiger partial charge in [0, 0.05) is 54.4 Å². The molecular weight excluding hydrogens is 1420 g/mol. The summed E-state index contributed by atoms with van der Waals surface area (Å²) < 4.78 is 0. The van der Waals surface area contributed by atoms with Crippen molar-refractivity contribution in [1.82, 2.24) is 83.6 Å². The van der Waals surface area contributed by atoms with Crippen LogP contribution in [0.15, 0.2) is 12.5 Å². The quantitative estimate of drug-likeness (QED) is 0.0573. The number of H-pyrrole nitrogens is 1. The summed E-state index contributed by atoms with van der Waals surface area (Å²) in [5, 5.41) is 62.4. The van der Waals surface area contributed by atoms with Gasteiger partial charge in [-0.1, -0.05) is 77.3 Å². The molecule has 5 rings (SSSR count). The van der Waals surface area contributed by atoms with Crippen LogP contribution in [0, 0.1) is 11.8 Å². The number of carbonyl (C=O) groups is 15. The molecular formula is C60H96N18O18S5. The normalized spacial score (nSPS) is 29.4. The molecule has 564 valence electrons. The lowest BCUT2D eigenvalue weighted by Gasteiger charge is -2.31. The Morgan fingerprint density at radius 3 is 1.59 bits per heavy atom. The Morgan fingerprint density at radius 1 is 0.594 bits per heavy atom. The lowest BCUT2D eigenvalue weighted by molar-refractivity contribution is -0.143. The Labute approximate surface area is 604 Å². The minimum absolute atomic E-state index is 0.0121. The highest BCUT2D eigenvalue weighted by molar-refractivity contribution is 8.77. The first kappa shape index (κ1) is 84.5. The van der Waals surface area contributed by atoms with E-state index < -0.39 is 222 Å². The number of rotatable bonds is 15. The molecule has 1 aromatic rings. The number of aromatic amines is 1. The average molecular weight is 1520 g/mol. The van der Waals surface area contributed by atoms with E-state index in [0.29, 0.717) is 24.3 Å². The molecule has 0 aromatic carbocycles. The summed E-state index contributed by atoms with van der Waals surface area (Å²) in [6, 6.07) is -22.6. The van der Waals surface area contributed by atoms with Crippen LogP contribution in [0.2, 0.25) is 0 Å². The molecule has 15 amide bonds. The molecule has 0 unspecified atom stereocenters. The molecule has 0 aliphatic carbocycles. The van der Waals surface area contributed by atoms with Crippen molar-refractivity contribution in [1.29, 1.82) is 0 Å². The Balaban J connectivity index is 1.63. The SMILES string of the molecule is CC[C@H](C)[C@@H]1NC(=O)[C@@H]2CCCN2C(=O)[C@H](CO)NC(=O)[C@H](CCCSC)NC(=O)[C@H](C)NC(=O)[C@H](CO)NC(=O)[C@@H]2CSSC[C@H](NC(=O)[C@H](C)N)C(=O)N[C@@H](CSSC[C@@H](C(N)=O)NC1=O)C(=O)N[C@@H](CO)C(=O)N[C@@H](Cc1cnc[nH]1)C(=O)N1CCC[C@H]1C(=O)N[C@@H](C(C)C)C(=O)N2. The van der Waals surface area contributed by atoms with E-state index in [0.717, 1.165) is 48.1 Å². The Bertz CT molecular complexity index is 3090. The number of imidazole rings is 1. The highest BCUT2D eigenvalue weighted by atomic mass is 33.1. The lowest BCUT2D eigenvalue weighted by Crippen LogP contribution is -2.62. The fourth-order valence-electron chi connectivity index (χ4n) is 10.9. The number of thioether (sulfide) groups is 1. The number of aliphatic hydroxyl groups excluding tert-OH is 3. The molecule has 1 aromatic heterocycles. The first-order chi connectivity index (χ1) is 48.0. The van der Waals surface area contributed by atoms with E-state index in [1.54, 1.807) is 34.0 Å². The molecule has 20 N–H and O–H groups in total. The Morgan fingerprint density at radius 2 is 1.08 bits per heavy atom. The van der Waals surface area contributed by atoms with E-state index >= 15 is 0 Å². The molecule has 16 atom stereocenters. The molecule has 5 heterocycles. The van der Waals surface area contributed by atoms with Gasteiger partial charge >= 0.3 is 0 Å². The topological polar surface area (TPSA) is 548 Å². The van der Waals surface area contributed by atoms with Crippen molar-refractivity contribution in [3.8, 4) is 0 Å². The van der Waals surface area contributed by atoms with E-state index in [1.807, 2.05) is 0 Å². The smallest absolute Gasteiger partial charge is 0.248 e. The van der Waals surface area contributed by atoms with Gasteiger partial charge in [0.2, 0.25) is 88.6 Å². The van der Waals surface area contributed by atoms with Gasteiger partial charge in [-0.15, -0.1) is 0 Å². The van der Waals surface area contributed by atoms with Crippen LogP contribution in [0.4, 0.5) is 0 Å². The van der Waals surface area contributed by atoms with Gasteiger partial charge < -0.3 is 105 Å². The zero-order valence-corrected chi connectivity index (χ0v) is 61.3. The van der Waals surface area contributed by atoms with Gasteiger partial charge in [0.25, 0.3) is 0 Å². The number of carbonyl (C=O) groups excluding carboxylic acids is 15. The van der Waals surface area contributed by atoms with Gasteiger partial charge in [-0.25, -0.2) is 4.98 Å². The van der Waals surface area contributed by atoms with E-state index in [-0.39, 0.29) is 63.1 Å². The largest absolute Gasteiger partial charge is 0.394 e. The monoisotopic (exact) mass is 1520 g/mol. The van der Waals surface area contributed by atoms with Gasteiger partial charge in [0.1, 0.15) is 84.6 Å². The van der Waals surface area contributed by atoms with Crippen LogP contribution in [-0.4, -0.2) is 282 Å². The second-order valence-electron chi connectivity index (χ2n) is 25.1. The molecule has 4 aliphatic heterocycles. The highest BCUT2D eigenvalue weighted by Crippen LogP contribution is 2.27. The standard InChI is InChI=1S/C60H96N18O18S5/c1-8-29(4)45-58(94)71-38(46(62)82)23-98-99-25-40-52(88)69-36(21-80)51(87)67-34(18-32-19-63-27-64-32)59(95)77-15-9-13-42(77)55(91)75-44(28(2)3)57(93)74-41(26-101-100-24-39(54(90)73-40)72-47(83)30(5)61)53(89)68-35(20-79)50(86)65-31(6)48(84)66-33(12-11-17-97-7)49(85)70-37(22-81)60(96)78-16-10-14-43(78)56(92)76-45/h19,27-31,33-45,79-81H,8-18,20-26,61H2,1-7H3,(H2,62,82)(H,63,64)(H,65,86)(H,66,84)(H,67,87)(H,68,89)(H,69,88)(H,70,85)(H,71,94)(H,72,83)(H,73,90)(H,74,93)(H,75,91)(H,76,92)/t29-,30-,31-,33-,34-,35-,36-,37-,38-,39-,40-,41-,42-,43-,44-,45-/m0/s1. The average Bonchev–Trinajstić information content (AvgIpc) is 1.75. The minimum Gasteiger partial charge on any atom is -0.394 e. The summed E-state index contributed by atoms with van der Waals surface area (Å²) in [5.74, 6) is -16.6. The summed E-state index contributed by atoms with van der Waals surface area (Å²) in [7, 11) is 3.43. The van der Waals surface area contributed by atoms with Crippen molar-refractivity contribution < 1.29 is 87.2 Å². The van der Waals surface area contributed by atoms with Crippen LogP contribution in [0.3, 0.4) is 0 Å². The second-order valence-corrected chi connectivity index (χ2v) is 31.1. The van der Waals surface area contributed by atoms with Gasteiger partial charge in [-0.05, 0) is 76.2 Å². The van der Waals surface area contributed by atoms with Crippen molar-refractivity contribution in [2.24, 2.45) is 23.3 Å². The summed E-state index contributed by atoms with van der Waals surface area (Å²) in [6.07, 6.45) is 5.59. The number of hydrogen-bond donors (Lipinski definition) is 18. The zero-order valence-electron chi connectivity index (χ0n) is 57.2. The molecule has 4 aliphatic rings. The van der Waals surface area contributed by atoms with Crippen LogP contribution in [-0.2, 0) is 78.3 Å². The molecule has 41 heteroatoms. The van der Waals surface area contributed by atoms with Crippen LogP contribution in [0.5, 0.6) is 0 Å². The van der Waals surface area contributed by atoms with Crippen molar-refractivity contribution in [3.05, 3.63) is 18.2 Å². The van der Waals surface area contributed by atoms with Crippen molar-refractivity contribution in [3.63, 3.8) is 0 Å². The van der Waals surface area contributed by atoms with E-state index in [2.05, 4.69) is 73.8 Å². The number of aromatic nitrogens is 2. The number of nitrogens with zero attached hydrogens (tertiary/aromatic N) is 3. The third kappa shape index (κ3) is 25.1. The molecule has 0 spiro atoms. The molecule has 4 fully saturated rings. The first-order valence-corrected chi connectivity index (χ1v) is 39.4. The summed E-state index contributed by atoms with van der Waals surface area (Å²) in [6.45, 7) is 5.93. The van der Waals surface area contributed by atoms with Crippen LogP contribution < -0.4 is 75.3 Å². The minimum atomic E-state index is -1.84. The van der Waals surface area contributed by atoms with Crippen LogP contribution in [0.1, 0.15) is 92.2 Å². The Kier molecular flexibility index (Phi) is 35.0. The summed E-state index contributed by atoms with van der Waals surface area (Å²) in [5.41, 5.74) is 12.1. The lowest BCUT2D eigenvalue weighted by atomic mass is 9.97. The van der Waals surface area contributed by atoms with Crippen molar-refractivity contribution in [2.75, 3.05) is 67.9 Å². The predicted molar refractivity (Wildman–Crippen MR) is 376 cm³/mol. The zero-order chi connectivity index (χ0) is 74.8. The number of fused-ring (bicyclic) bond motifs is 10. The molecule has 36 nitrogen and oxygen atoms in total. The maximum absolute atomic E-state index is 14.8. The van der Waals surface area contributed by atoms with Gasteiger partial charge in [0.15, 0.2) is 0 Å². The second kappa shape index (κ2) is 41.8. The van der Waals surface area contributed by atoms with Gasteiger partial charge in [0.05, 0.1) is 32.2 Å². The van der Waals surface area contributed by atoms with Crippen LogP contribution >= 0.6 is 54.9 Å². The molecule has 4 saturated heterocycles. The summed E-state index contributed by atoms with van der Waals surface area (Å²) in [4.78, 5) is 222. The number of nitrogens with two attached hydrogens (primary N) is 2.